The molecule has 0 spiro atoms. The lowest BCUT2D eigenvalue weighted by Gasteiger charge is -2.29. The lowest BCUT2D eigenvalue weighted by atomic mass is 10.1. The third-order valence-corrected chi connectivity index (χ3v) is 6.65. The van der Waals surface area contributed by atoms with Gasteiger partial charge in [-0.1, -0.05) is 49.4 Å². The number of halogens is 1. The van der Waals surface area contributed by atoms with E-state index in [4.69, 9.17) is 0 Å². The quantitative estimate of drug-likeness (QED) is 0.466. The fourth-order valence-corrected chi connectivity index (χ4v) is 4.57. The molecule has 2 rings (SSSR count). The first kappa shape index (κ1) is 27.3. The van der Waals surface area contributed by atoms with Gasteiger partial charge in [-0.3, -0.25) is 13.9 Å². The Morgan fingerprint density at radius 3 is 2.29 bits per heavy atom. The predicted octanol–water partition coefficient (Wildman–Crippen LogP) is 3.36. The van der Waals surface area contributed by atoms with E-state index in [0.717, 1.165) is 22.5 Å². The van der Waals surface area contributed by atoms with Crippen molar-refractivity contribution < 1.29 is 22.4 Å². The van der Waals surface area contributed by atoms with Crippen LogP contribution < -0.4 is 9.62 Å². The Morgan fingerprint density at radius 1 is 1.03 bits per heavy atom. The number of sulfonamides is 1. The average molecular weight is 492 g/mol. The second-order valence-corrected chi connectivity index (χ2v) is 10.1. The zero-order valence-electron chi connectivity index (χ0n) is 20.0. The summed E-state index contributed by atoms with van der Waals surface area (Å²) in [5.41, 5.74) is 0.995. The van der Waals surface area contributed by atoms with Gasteiger partial charge in [0.05, 0.1) is 11.9 Å². The maximum Gasteiger partial charge on any atom is 0.242 e. The van der Waals surface area contributed by atoms with Crippen LogP contribution in [0, 0.1) is 5.82 Å². The first-order chi connectivity index (χ1) is 16.1. The van der Waals surface area contributed by atoms with E-state index in [1.807, 2.05) is 37.3 Å². The van der Waals surface area contributed by atoms with Crippen LogP contribution in [0.3, 0.4) is 0 Å². The number of hydrogen-bond acceptors (Lipinski definition) is 4. The molecule has 0 aliphatic carbocycles. The van der Waals surface area contributed by atoms with E-state index < -0.39 is 21.9 Å². The van der Waals surface area contributed by atoms with Gasteiger partial charge in [-0.15, -0.1) is 0 Å². The topological polar surface area (TPSA) is 86.8 Å². The van der Waals surface area contributed by atoms with Crippen LogP contribution in [0.4, 0.5) is 10.1 Å². The van der Waals surface area contributed by atoms with Crippen LogP contribution in [0.15, 0.2) is 54.6 Å². The number of para-hydroxylation sites is 1. The second-order valence-electron chi connectivity index (χ2n) is 8.18. The van der Waals surface area contributed by atoms with Crippen molar-refractivity contribution in [3.8, 4) is 0 Å². The van der Waals surface area contributed by atoms with Gasteiger partial charge in [0, 0.05) is 26.1 Å². The minimum atomic E-state index is -3.74. The molecule has 186 valence electrons. The molecule has 0 unspecified atom stereocenters. The van der Waals surface area contributed by atoms with Crippen molar-refractivity contribution in [3.05, 3.63) is 66.0 Å². The summed E-state index contributed by atoms with van der Waals surface area (Å²) in [4.78, 5) is 27.2. The lowest BCUT2D eigenvalue weighted by Crippen LogP contribution is -2.49. The fourth-order valence-electron chi connectivity index (χ4n) is 3.60. The zero-order chi connectivity index (χ0) is 25.1. The van der Waals surface area contributed by atoms with Crippen molar-refractivity contribution in [1.29, 1.82) is 0 Å². The van der Waals surface area contributed by atoms with E-state index in [2.05, 4.69) is 5.32 Å². The molecule has 2 amide bonds. The summed E-state index contributed by atoms with van der Waals surface area (Å²) < 4.78 is 39.7. The van der Waals surface area contributed by atoms with E-state index in [0.29, 0.717) is 19.5 Å². The molecule has 9 heteroatoms. The van der Waals surface area contributed by atoms with Gasteiger partial charge >= 0.3 is 0 Å². The van der Waals surface area contributed by atoms with Crippen LogP contribution in [-0.4, -0.2) is 57.1 Å². The van der Waals surface area contributed by atoms with E-state index in [-0.39, 0.29) is 36.9 Å². The molecule has 0 aliphatic heterocycles. The van der Waals surface area contributed by atoms with Gasteiger partial charge in [-0.05, 0) is 43.9 Å². The molecule has 34 heavy (non-hydrogen) atoms. The Labute approximate surface area is 202 Å². The normalized spacial score (nSPS) is 12.1. The molecule has 0 fully saturated rings. The van der Waals surface area contributed by atoms with Gasteiger partial charge in [0.25, 0.3) is 0 Å². The maximum atomic E-state index is 14.2. The van der Waals surface area contributed by atoms with Crippen LogP contribution in [-0.2, 0) is 26.0 Å². The largest absolute Gasteiger partial charge is 0.354 e. The smallest absolute Gasteiger partial charge is 0.242 e. The number of carbonyl (C=O) groups excluding carboxylic acids is 2. The highest BCUT2D eigenvalue weighted by Crippen LogP contribution is 2.22. The summed E-state index contributed by atoms with van der Waals surface area (Å²) in [6.45, 7) is 4.47. The average Bonchev–Trinajstić information content (AvgIpc) is 2.81. The number of rotatable bonds is 13. The Kier molecular flexibility index (Phi) is 10.5. The van der Waals surface area contributed by atoms with Gasteiger partial charge in [0.15, 0.2) is 0 Å². The summed E-state index contributed by atoms with van der Waals surface area (Å²) in [6, 6.07) is 14.6. The Morgan fingerprint density at radius 2 is 1.68 bits per heavy atom. The second kappa shape index (κ2) is 13.1. The number of amides is 2. The first-order valence-electron chi connectivity index (χ1n) is 11.5. The molecule has 1 atom stereocenters. The van der Waals surface area contributed by atoms with Crippen LogP contribution in [0.25, 0.3) is 0 Å². The Hall–Kier alpha value is -2.94. The number of hydrogen-bond donors (Lipinski definition) is 1. The van der Waals surface area contributed by atoms with Crippen molar-refractivity contribution in [2.45, 2.75) is 45.6 Å². The molecule has 0 saturated heterocycles. The molecule has 1 N–H and O–H groups in total. The molecule has 2 aromatic rings. The number of benzene rings is 2. The fraction of sp³-hybridized carbons (Fsp3) is 0.440. The van der Waals surface area contributed by atoms with Crippen molar-refractivity contribution in [1.82, 2.24) is 10.2 Å². The van der Waals surface area contributed by atoms with Crippen molar-refractivity contribution in [2.24, 2.45) is 0 Å². The van der Waals surface area contributed by atoms with E-state index >= 15 is 0 Å². The van der Waals surface area contributed by atoms with Gasteiger partial charge in [0.1, 0.15) is 11.9 Å². The maximum absolute atomic E-state index is 14.2. The molecule has 0 heterocycles. The highest BCUT2D eigenvalue weighted by molar-refractivity contribution is 7.92. The summed E-state index contributed by atoms with van der Waals surface area (Å²) >= 11 is 0. The van der Waals surface area contributed by atoms with Gasteiger partial charge in [-0.2, -0.15) is 0 Å². The van der Waals surface area contributed by atoms with E-state index in [9.17, 15) is 22.4 Å². The molecule has 7 nitrogen and oxygen atoms in total. The van der Waals surface area contributed by atoms with Gasteiger partial charge in [0.2, 0.25) is 21.8 Å². The summed E-state index contributed by atoms with van der Waals surface area (Å²) in [5, 5.41) is 2.83. The summed E-state index contributed by atoms with van der Waals surface area (Å²) in [7, 11) is -3.74. The SMILES string of the molecule is CCCNC(=O)[C@H](C)N(CCc1ccccc1)C(=O)CCCN(c1ccccc1F)S(C)(=O)=O. The minimum Gasteiger partial charge on any atom is -0.354 e. The molecular weight excluding hydrogens is 457 g/mol. The Bertz CT molecular complexity index is 1050. The molecule has 0 saturated carbocycles. The number of nitrogens with one attached hydrogen (secondary N) is 1. The van der Waals surface area contributed by atoms with Crippen molar-refractivity contribution >= 4 is 27.5 Å². The summed E-state index contributed by atoms with van der Waals surface area (Å²) in [5.74, 6) is -1.13. The van der Waals surface area contributed by atoms with Crippen LogP contribution in [0.2, 0.25) is 0 Å². The third-order valence-electron chi connectivity index (χ3n) is 5.47. The van der Waals surface area contributed by atoms with E-state index in [1.54, 1.807) is 13.0 Å². The molecule has 0 aliphatic rings. The lowest BCUT2D eigenvalue weighted by molar-refractivity contribution is -0.139. The monoisotopic (exact) mass is 491 g/mol. The highest BCUT2D eigenvalue weighted by atomic mass is 32.2. The molecular formula is C25H34FN3O4S. The zero-order valence-corrected chi connectivity index (χ0v) is 20.9. The highest BCUT2D eigenvalue weighted by Gasteiger charge is 2.26. The molecule has 0 bridgehead atoms. The predicted molar refractivity (Wildman–Crippen MR) is 132 cm³/mol. The minimum absolute atomic E-state index is 0.0284. The van der Waals surface area contributed by atoms with E-state index in [1.165, 1.54) is 23.1 Å². The third kappa shape index (κ3) is 8.13. The molecule has 0 radical (unpaired) electrons. The van der Waals surface area contributed by atoms with Crippen LogP contribution in [0.5, 0.6) is 0 Å². The van der Waals surface area contributed by atoms with Crippen molar-refractivity contribution in [3.63, 3.8) is 0 Å². The molecule has 0 aromatic heterocycles. The van der Waals surface area contributed by atoms with Crippen LogP contribution >= 0.6 is 0 Å². The van der Waals surface area contributed by atoms with Gasteiger partial charge < -0.3 is 10.2 Å². The number of nitrogens with zero attached hydrogens (tertiary/aromatic N) is 2. The van der Waals surface area contributed by atoms with Gasteiger partial charge in [-0.25, -0.2) is 12.8 Å². The van der Waals surface area contributed by atoms with Crippen LogP contribution in [0.1, 0.15) is 38.7 Å². The first-order valence-corrected chi connectivity index (χ1v) is 13.3. The van der Waals surface area contributed by atoms with Crippen molar-refractivity contribution in [2.75, 3.05) is 30.2 Å². The standard InChI is InChI=1S/C25H34FN3O4S/c1-4-17-27-25(31)20(2)28(19-16-21-11-6-5-7-12-21)24(30)15-10-18-29(34(3,32)33)23-14-9-8-13-22(23)26/h5-9,11-14,20H,4,10,15-19H2,1-3H3,(H,27,31)/t20-/m0/s1. The summed E-state index contributed by atoms with van der Waals surface area (Å²) in [6.07, 6.45) is 2.59. The molecule has 2 aromatic carbocycles. The number of anilines is 1. The number of carbonyl (C=O) groups is 2. The Balaban J connectivity index is 2.10.